The number of carbonyl (C=O) groups excluding carboxylic acids is 1. The zero-order chi connectivity index (χ0) is 12.6. The number of nitrogens with one attached hydrogen (secondary N) is 1. The van der Waals surface area contributed by atoms with Crippen molar-refractivity contribution in [3.8, 4) is 0 Å². The average Bonchev–Trinajstić information content (AvgIpc) is 2.20. The molecule has 6 heteroatoms. The summed E-state index contributed by atoms with van der Waals surface area (Å²) in [6.07, 6.45) is -0.463. The summed E-state index contributed by atoms with van der Waals surface area (Å²) in [5.74, 6) is -0.328. The number of ether oxygens (including phenoxy) is 1. The van der Waals surface area contributed by atoms with Crippen LogP contribution in [0.5, 0.6) is 0 Å². The predicted octanol–water partition coefficient (Wildman–Crippen LogP) is 3.82. The first-order chi connectivity index (χ1) is 7.88. The Morgan fingerprint density at radius 3 is 2.72 bits per heavy atom. The van der Waals surface area contributed by atoms with Gasteiger partial charge < -0.3 is 10.1 Å². The van der Waals surface area contributed by atoms with Crippen LogP contribution in [0.25, 0.3) is 0 Å². The smallest absolute Gasteiger partial charge is 0.407 e. The maximum absolute atomic E-state index is 13.4. The Labute approximate surface area is 120 Å². The second-order valence-corrected chi connectivity index (χ2v) is 5.76. The summed E-state index contributed by atoms with van der Waals surface area (Å²) in [5, 5.41) is 2.73. The second-order valence-electron chi connectivity index (χ2n) is 4.84. The Balaban J connectivity index is 0.00000162. The fourth-order valence-corrected chi connectivity index (χ4v) is 2.45. The van der Waals surface area contributed by atoms with Gasteiger partial charge in [0.05, 0.1) is 6.04 Å². The molecular formula is C12H14BrClFNO2. The number of hydrogen-bond acceptors (Lipinski definition) is 2. The highest BCUT2D eigenvalue weighted by Gasteiger charge is 2.38. The minimum absolute atomic E-state index is 0. The molecule has 0 radical (unpaired) electrons. The van der Waals surface area contributed by atoms with Crippen molar-refractivity contribution in [1.82, 2.24) is 5.32 Å². The molecule has 0 aromatic heterocycles. The summed E-state index contributed by atoms with van der Waals surface area (Å²) in [5.41, 5.74) is 0.458. The Hall–Kier alpha value is -0.810. The van der Waals surface area contributed by atoms with Crippen molar-refractivity contribution < 1.29 is 13.9 Å². The van der Waals surface area contributed by atoms with Crippen LogP contribution in [0.15, 0.2) is 22.7 Å². The van der Waals surface area contributed by atoms with E-state index < -0.39 is 6.09 Å². The van der Waals surface area contributed by atoms with Crippen molar-refractivity contribution in [2.45, 2.75) is 19.9 Å². The van der Waals surface area contributed by atoms with E-state index in [9.17, 15) is 9.18 Å². The fraction of sp³-hybridized carbons (Fsp3) is 0.417. The number of benzene rings is 1. The van der Waals surface area contributed by atoms with Gasteiger partial charge in [-0.25, -0.2) is 9.18 Å². The molecule has 1 aliphatic rings. The zero-order valence-electron chi connectivity index (χ0n) is 10.00. The van der Waals surface area contributed by atoms with Gasteiger partial charge in [-0.3, -0.25) is 0 Å². The lowest BCUT2D eigenvalue weighted by molar-refractivity contribution is 0.0386. The lowest BCUT2D eigenvalue weighted by Gasteiger charge is -2.38. The van der Waals surface area contributed by atoms with Crippen molar-refractivity contribution in [3.05, 3.63) is 34.1 Å². The molecule has 3 nitrogen and oxygen atoms in total. The lowest BCUT2D eigenvalue weighted by Crippen LogP contribution is -2.46. The van der Waals surface area contributed by atoms with Crippen LogP contribution in [-0.2, 0) is 4.74 Å². The highest BCUT2D eigenvalue weighted by atomic mass is 79.9. The van der Waals surface area contributed by atoms with Gasteiger partial charge in [0.15, 0.2) is 0 Å². The van der Waals surface area contributed by atoms with Crippen molar-refractivity contribution in [2.75, 3.05) is 6.61 Å². The molecule has 2 rings (SSSR count). The summed E-state index contributed by atoms with van der Waals surface area (Å²) in [6.45, 7) is 4.25. The zero-order valence-corrected chi connectivity index (χ0v) is 12.4. The largest absolute Gasteiger partial charge is 0.449 e. The SMILES string of the molecule is CC1(C)COC(=O)N[C@@H]1c1cc(F)cc(Br)c1.Cl. The van der Waals surface area contributed by atoms with E-state index in [-0.39, 0.29) is 29.7 Å². The molecule has 1 atom stereocenters. The summed E-state index contributed by atoms with van der Waals surface area (Å²) in [6, 6.07) is 4.37. The van der Waals surface area contributed by atoms with Crippen molar-refractivity contribution in [3.63, 3.8) is 0 Å². The number of halogens is 3. The minimum Gasteiger partial charge on any atom is -0.449 e. The maximum atomic E-state index is 13.4. The van der Waals surface area contributed by atoms with Crippen LogP contribution < -0.4 is 5.32 Å². The Morgan fingerprint density at radius 2 is 2.11 bits per heavy atom. The third-order valence-electron chi connectivity index (χ3n) is 2.84. The quantitative estimate of drug-likeness (QED) is 0.845. The van der Waals surface area contributed by atoms with Crippen LogP contribution in [0.4, 0.5) is 9.18 Å². The van der Waals surface area contributed by atoms with Gasteiger partial charge in [0.25, 0.3) is 0 Å². The molecule has 1 saturated heterocycles. The van der Waals surface area contributed by atoms with Crippen LogP contribution >= 0.6 is 28.3 Å². The first-order valence-corrected chi connectivity index (χ1v) is 6.07. The van der Waals surface area contributed by atoms with Crippen LogP contribution in [0.1, 0.15) is 25.5 Å². The molecule has 18 heavy (non-hydrogen) atoms. The van der Waals surface area contributed by atoms with E-state index in [2.05, 4.69) is 21.2 Å². The van der Waals surface area contributed by atoms with Crippen LogP contribution in [0.2, 0.25) is 0 Å². The van der Waals surface area contributed by atoms with Crippen molar-refractivity contribution in [2.24, 2.45) is 5.41 Å². The van der Waals surface area contributed by atoms with E-state index in [4.69, 9.17) is 4.74 Å². The van der Waals surface area contributed by atoms with Gasteiger partial charge in [-0.1, -0.05) is 29.8 Å². The van der Waals surface area contributed by atoms with E-state index in [1.165, 1.54) is 12.1 Å². The van der Waals surface area contributed by atoms with E-state index in [0.29, 0.717) is 11.1 Å². The van der Waals surface area contributed by atoms with E-state index >= 15 is 0 Å². The van der Waals surface area contributed by atoms with E-state index in [1.54, 1.807) is 6.07 Å². The molecule has 1 heterocycles. The highest BCUT2D eigenvalue weighted by Crippen LogP contribution is 2.37. The molecule has 1 aromatic carbocycles. The molecule has 0 spiro atoms. The molecule has 0 bridgehead atoms. The predicted molar refractivity (Wildman–Crippen MR) is 72.4 cm³/mol. The molecule has 1 aromatic rings. The third kappa shape index (κ3) is 3.14. The van der Waals surface area contributed by atoms with Crippen molar-refractivity contribution in [1.29, 1.82) is 0 Å². The summed E-state index contributed by atoms with van der Waals surface area (Å²) in [7, 11) is 0. The fourth-order valence-electron chi connectivity index (χ4n) is 1.97. The Morgan fingerprint density at radius 1 is 1.44 bits per heavy atom. The Kier molecular flexibility index (Phi) is 4.61. The van der Waals surface area contributed by atoms with Gasteiger partial charge in [0.2, 0.25) is 0 Å². The molecule has 0 saturated carbocycles. The lowest BCUT2D eigenvalue weighted by atomic mass is 9.80. The number of carbonyl (C=O) groups is 1. The highest BCUT2D eigenvalue weighted by molar-refractivity contribution is 9.10. The average molecular weight is 339 g/mol. The number of amides is 1. The molecule has 1 aliphatic heterocycles. The van der Waals surface area contributed by atoms with Crippen molar-refractivity contribution >= 4 is 34.4 Å². The third-order valence-corrected chi connectivity index (χ3v) is 3.29. The number of alkyl carbamates (subject to hydrolysis) is 1. The number of rotatable bonds is 1. The van der Waals surface area contributed by atoms with E-state index in [0.717, 1.165) is 5.56 Å². The summed E-state index contributed by atoms with van der Waals surface area (Å²) in [4.78, 5) is 11.3. The first kappa shape index (κ1) is 15.2. The topological polar surface area (TPSA) is 38.3 Å². The van der Waals surface area contributed by atoms with Gasteiger partial charge in [-0.2, -0.15) is 0 Å². The first-order valence-electron chi connectivity index (χ1n) is 5.28. The Bertz CT molecular complexity index is 447. The molecule has 0 unspecified atom stereocenters. The second kappa shape index (κ2) is 5.45. The van der Waals surface area contributed by atoms with E-state index in [1.807, 2.05) is 13.8 Å². The van der Waals surface area contributed by atoms with Crippen LogP contribution in [0, 0.1) is 11.2 Å². The summed E-state index contributed by atoms with van der Waals surface area (Å²) < 4.78 is 19.0. The van der Waals surface area contributed by atoms with Crippen LogP contribution in [0.3, 0.4) is 0 Å². The molecule has 100 valence electrons. The maximum Gasteiger partial charge on any atom is 0.407 e. The molecule has 1 N–H and O–H groups in total. The molecule has 1 amide bonds. The van der Waals surface area contributed by atoms with Gasteiger partial charge in [0, 0.05) is 9.89 Å². The monoisotopic (exact) mass is 337 g/mol. The minimum atomic E-state index is -0.463. The molecule has 0 aliphatic carbocycles. The number of hydrogen-bond donors (Lipinski definition) is 1. The molecule has 1 fully saturated rings. The summed E-state index contributed by atoms with van der Waals surface area (Å²) >= 11 is 3.25. The normalized spacial score (nSPS) is 21.6. The van der Waals surface area contributed by atoms with Crippen LogP contribution in [-0.4, -0.2) is 12.7 Å². The standard InChI is InChI=1S/C12H13BrFNO2.ClH/c1-12(2)6-17-11(16)15-10(12)7-3-8(13)5-9(14)4-7;/h3-5,10H,6H2,1-2H3,(H,15,16);1H/t10-;/m1./s1. The van der Waals surface area contributed by atoms with Gasteiger partial charge >= 0.3 is 6.09 Å². The van der Waals surface area contributed by atoms with Gasteiger partial charge in [-0.15, -0.1) is 12.4 Å². The number of cyclic esters (lactones) is 1. The molecular weight excluding hydrogens is 324 g/mol. The van der Waals surface area contributed by atoms with Gasteiger partial charge in [0.1, 0.15) is 12.4 Å². The van der Waals surface area contributed by atoms with Gasteiger partial charge in [-0.05, 0) is 23.8 Å².